The van der Waals surface area contributed by atoms with E-state index in [-0.39, 0.29) is 11.9 Å². The highest BCUT2D eigenvalue weighted by molar-refractivity contribution is 5.98. The second kappa shape index (κ2) is 6.28. The van der Waals surface area contributed by atoms with E-state index in [4.69, 9.17) is 19.9 Å². The molecule has 2 N–H and O–H groups in total. The zero-order valence-electron chi connectivity index (χ0n) is 13.9. The maximum atomic E-state index is 12.9. The molecule has 1 heterocycles. The Hall–Kier alpha value is -1.95. The normalized spacial score (nSPS) is 26.1. The van der Waals surface area contributed by atoms with Crippen LogP contribution in [0.25, 0.3) is 0 Å². The minimum absolute atomic E-state index is 0.0376. The van der Waals surface area contributed by atoms with E-state index in [1.807, 2.05) is 4.90 Å². The SMILES string of the molecule is COc1cc(OC)c(C(=O)N2CC3CCC(N)C3C2)cc1OC. The van der Waals surface area contributed by atoms with E-state index in [1.54, 1.807) is 33.5 Å². The predicted molar refractivity (Wildman–Crippen MR) is 86.2 cm³/mol. The van der Waals surface area contributed by atoms with Crippen molar-refractivity contribution in [3.05, 3.63) is 17.7 Å². The lowest BCUT2D eigenvalue weighted by Crippen LogP contribution is -2.33. The molecule has 23 heavy (non-hydrogen) atoms. The molecule has 3 atom stereocenters. The first-order chi connectivity index (χ1) is 11.1. The molecule has 0 aromatic heterocycles. The number of likely N-dealkylation sites (tertiary alicyclic amines) is 1. The summed E-state index contributed by atoms with van der Waals surface area (Å²) in [5.74, 6) is 2.47. The van der Waals surface area contributed by atoms with Crippen molar-refractivity contribution in [3.63, 3.8) is 0 Å². The molecular formula is C17H24N2O4. The third-order valence-corrected chi connectivity index (χ3v) is 5.14. The molecule has 2 fully saturated rings. The number of nitrogens with zero attached hydrogens (tertiary/aromatic N) is 1. The molecule has 3 rings (SSSR count). The van der Waals surface area contributed by atoms with E-state index in [9.17, 15) is 4.79 Å². The average Bonchev–Trinajstić information content (AvgIpc) is 3.15. The molecule has 0 radical (unpaired) electrons. The Morgan fingerprint density at radius 3 is 2.30 bits per heavy atom. The van der Waals surface area contributed by atoms with Gasteiger partial charge in [-0.2, -0.15) is 0 Å². The van der Waals surface area contributed by atoms with Gasteiger partial charge in [0.15, 0.2) is 11.5 Å². The predicted octanol–water partition coefficient (Wildman–Crippen LogP) is 1.52. The van der Waals surface area contributed by atoms with Crippen molar-refractivity contribution in [2.75, 3.05) is 34.4 Å². The van der Waals surface area contributed by atoms with E-state index < -0.39 is 0 Å². The van der Waals surface area contributed by atoms with Gasteiger partial charge >= 0.3 is 0 Å². The van der Waals surface area contributed by atoms with Crippen LogP contribution in [0.1, 0.15) is 23.2 Å². The molecule has 1 saturated carbocycles. The van der Waals surface area contributed by atoms with Crippen LogP contribution < -0.4 is 19.9 Å². The number of fused-ring (bicyclic) bond motifs is 1. The number of hydrogen-bond donors (Lipinski definition) is 1. The summed E-state index contributed by atoms with van der Waals surface area (Å²) in [5.41, 5.74) is 6.66. The molecule has 1 aliphatic carbocycles. The second-order valence-corrected chi connectivity index (χ2v) is 6.28. The van der Waals surface area contributed by atoms with Crippen molar-refractivity contribution in [1.29, 1.82) is 0 Å². The summed E-state index contributed by atoms with van der Waals surface area (Å²) in [6.45, 7) is 1.50. The summed E-state index contributed by atoms with van der Waals surface area (Å²) in [6.07, 6.45) is 2.18. The van der Waals surface area contributed by atoms with Crippen LogP contribution in [0.15, 0.2) is 12.1 Å². The molecule has 1 saturated heterocycles. The largest absolute Gasteiger partial charge is 0.496 e. The number of ether oxygens (including phenoxy) is 3. The van der Waals surface area contributed by atoms with Crippen LogP contribution in [-0.2, 0) is 0 Å². The fourth-order valence-corrected chi connectivity index (χ4v) is 3.84. The van der Waals surface area contributed by atoms with Gasteiger partial charge in [-0.15, -0.1) is 0 Å². The fourth-order valence-electron chi connectivity index (χ4n) is 3.84. The second-order valence-electron chi connectivity index (χ2n) is 6.28. The van der Waals surface area contributed by atoms with Crippen molar-refractivity contribution >= 4 is 5.91 Å². The van der Waals surface area contributed by atoms with Gasteiger partial charge in [0.1, 0.15) is 5.75 Å². The molecule has 3 unspecified atom stereocenters. The standard InChI is InChI=1S/C17H24N2O4/c1-21-14-7-16(23-3)15(22-2)6-11(14)17(20)19-8-10-4-5-13(18)12(10)9-19/h6-7,10,12-13H,4-5,8-9,18H2,1-3H3. The van der Waals surface area contributed by atoms with Crippen LogP contribution in [0.3, 0.4) is 0 Å². The molecule has 6 heteroatoms. The number of amides is 1. The van der Waals surface area contributed by atoms with Crippen LogP contribution in [-0.4, -0.2) is 51.3 Å². The summed E-state index contributed by atoms with van der Waals surface area (Å²) in [4.78, 5) is 14.8. The Bertz CT molecular complexity index is 605. The number of carbonyl (C=O) groups is 1. The molecule has 1 aliphatic heterocycles. The van der Waals surface area contributed by atoms with Gasteiger partial charge in [-0.05, 0) is 24.7 Å². The zero-order valence-corrected chi connectivity index (χ0v) is 13.9. The smallest absolute Gasteiger partial charge is 0.257 e. The first-order valence-corrected chi connectivity index (χ1v) is 7.93. The third-order valence-electron chi connectivity index (χ3n) is 5.14. The molecule has 2 aliphatic rings. The molecule has 1 amide bonds. The summed E-state index contributed by atoms with van der Waals surface area (Å²) < 4.78 is 16.0. The van der Waals surface area contributed by atoms with Crippen LogP contribution in [0.4, 0.5) is 0 Å². The van der Waals surface area contributed by atoms with Gasteiger partial charge in [0.05, 0.1) is 26.9 Å². The molecule has 126 valence electrons. The third kappa shape index (κ3) is 2.72. The van der Waals surface area contributed by atoms with Gasteiger partial charge in [-0.1, -0.05) is 0 Å². The number of methoxy groups -OCH3 is 3. The first kappa shape index (κ1) is 15.9. The fraction of sp³-hybridized carbons (Fsp3) is 0.588. The minimum atomic E-state index is -0.0376. The highest BCUT2D eigenvalue weighted by Gasteiger charge is 2.43. The maximum absolute atomic E-state index is 12.9. The molecule has 0 spiro atoms. The lowest BCUT2D eigenvalue weighted by atomic mass is 9.98. The summed E-state index contributed by atoms with van der Waals surface area (Å²) >= 11 is 0. The molecule has 6 nitrogen and oxygen atoms in total. The Labute approximate surface area is 136 Å². The lowest BCUT2D eigenvalue weighted by Gasteiger charge is -2.21. The number of carbonyl (C=O) groups excluding carboxylic acids is 1. The van der Waals surface area contributed by atoms with Crippen molar-refractivity contribution in [3.8, 4) is 17.2 Å². The van der Waals surface area contributed by atoms with Crippen LogP contribution in [0, 0.1) is 11.8 Å². The molecular weight excluding hydrogens is 296 g/mol. The first-order valence-electron chi connectivity index (χ1n) is 7.93. The quantitative estimate of drug-likeness (QED) is 0.910. The molecule has 0 bridgehead atoms. The van der Waals surface area contributed by atoms with E-state index >= 15 is 0 Å². The van der Waals surface area contributed by atoms with Gasteiger partial charge in [0, 0.05) is 31.3 Å². The van der Waals surface area contributed by atoms with E-state index in [0.717, 1.165) is 25.9 Å². The highest BCUT2D eigenvalue weighted by atomic mass is 16.5. The van der Waals surface area contributed by atoms with Crippen molar-refractivity contribution < 1.29 is 19.0 Å². The molecule has 1 aromatic carbocycles. The van der Waals surface area contributed by atoms with Gasteiger partial charge in [-0.25, -0.2) is 0 Å². The maximum Gasteiger partial charge on any atom is 0.257 e. The van der Waals surface area contributed by atoms with E-state index in [2.05, 4.69) is 0 Å². The molecule has 1 aromatic rings. The van der Waals surface area contributed by atoms with Gasteiger partial charge in [0.2, 0.25) is 0 Å². The van der Waals surface area contributed by atoms with Crippen LogP contribution in [0.2, 0.25) is 0 Å². The Morgan fingerprint density at radius 2 is 1.70 bits per heavy atom. The van der Waals surface area contributed by atoms with Crippen molar-refractivity contribution in [1.82, 2.24) is 4.90 Å². The zero-order chi connectivity index (χ0) is 16.6. The van der Waals surface area contributed by atoms with Gasteiger partial charge in [-0.3, -0.25) is 4.79 Å². The number of nitrogens with two attached hydrogens (primary N) is 1. The number of rotatable bonds is 4. The highest BCUT2D eigenvalue weighted by Crippen LogP contribution is 2.40. The Morgan fingerprint density at radius 1 is 1.04 bits per heavy atom. The van der Waals surface area contributed by atoms with Crippen molar-refractivity contribution in [2.45, 2.75) is 18.9 Å². The minimum Gasteiger partial charge on any atom is -0.496 e. The van der Waals surface area contributed by atoms with Gasteiger partial charge in [0.25, 0.3) is 5.91 Å². The average molecular weight is 320 g/mol. The van der Waals surface area contributed by atoms with Crippen LogP contribution >= 0.6 is 0 Å². The number of benzene rings is 1. The van der Waals surface area contributed by atoms with E-state index in [0.29, 0.717) is 34.6 Å². The van der Waals surface area contributed by atoms with E-state index in [1.165, 1.54) is 0 Å². The summed E-state index contributed by atoms with van der Waals surface area (Å²) in [5, 5.41) is 0. The topological polar surface area (TPSA) is 74.0 Å². The van der Waals surface area contributed by atoms with Crippen molar-refractivity contribution in [2.24, 2.45) is 17.6 Å². The summed E-state index contributed by atoms with van der Waals surface area (Å²) in [7, 11) is 4.66. The summed E-state index contributed by atoms with van der Waals surface area (Å²) in [6, 6.07) is 3.59. The lowest BCUT2D eigenvalue weighted by molar-refractivity contribution is 0.0775. The van der Waals surface area contributed by atoms with Gasteiger partial charge < -0.3 is 24.8 Å². The Kier molecular flexibility index (Phi) is 4.35. The monoisotopic (exact) mass is 320 g/mol. The number of hydrogen-bond acceptors (Lipinski definition) is 5. The van der Waals surface area contributed by atoms with Crippen LogP contribution in [0.5, 0.6) is 17.2 Å². The Balaban J connectivity index is 1.87.